The summed E-state index contributed by atoms with van der Waals surface area (Å²) in [6.45, 7) is 5.83. The first-order valence-corrected chi connectivity index (χ1v) is 11.8. The molecule has 0 saturated carbocycles. The molecule has 2 aromatic carbocycles. The molecule has 0 radical (unpaired) electrons. The Balaban J connectivity index is 1.53. The number of hydrogen-bond acceptors (Lipinski definition) is 6. The maximum absolute atomic E-state index is 14.0. The van der Waals surface area contributed by atoms with E-state index >= 15 is 0 Å². The predicted molar refractivity (Wildman–Crippen MR) is 126 cm³/mol. The molecule has 1 aliphatic carbocycles. The lowest BCUT2D eigenvalue weighted by molar-refractivity contribution is 0.0280. The SMILES string of the molecule is COc1ccc2c(c1)C(=O)C(c1cccc(C)c1)(N1CCN(Cc3cccs3)CC1)C2=O. The standard InChI is InChI=1S/C26H26N2O3S/c1-18-5-3-6-19(15-18)26(24(29)22-9-8-20(31-2)16-23(22)25(26)30)28-12-10-27(11-13-28)17-21-7-4-14-32-21/h3-9,14-16H,10-13,17H2,1-2H3. The number of thiophene rings is 1. The van der Waals surface area contributed by atoms with E-state index in [-0.39, 0.29) is 11.6 Å². The van der Waals surface area contributed by atoms with Crippen LogP contribution in [-0.4, -0.2) is 54.7 Å². The first kappa shape index (κ1) is 21.1. The zero-order valence-electron chi connectivity index (χ0n) is 18.3. The molecular formula is C26H26N2O3S. The lowest BCUT2D eigenvalue weighted by Gasteiger charge is -2.44. The van der Waals surface area contributed by atoms with Crippen molar-refractivity contribution < 1.29 is 14.3 Å². The first-order valence-electron chi connectivity index (χ1n) is 10.9. The monoisotopic (exact) mass is 446 g/mol. The molecule has 1 fully saturated rings. The van der Waals surface area contributed by atoms with Crippen molar-refractivity contribution in [3.63, 3.8) is 0 Å². The van der Waals surface area contributed by atoms with E-state index in [1.807, 2.05) is 31.2 Å². The lowest BCUT2D eigenvalue weighted by atomic mass is 9.82. The molecule has 0 amide bonds. The van der Waals surface area contributed by atoms with Gasteiger partial charge in [-0.2, -0.15) is 0 Å². The van der Waals surface area contributed by atoms with Gasteiger partial charge in [0.1, 0.15) is 5.75 Å². The van der Waals surface area contributed by atoms with E-state index in [1.165, 1.54) is 4.88 Å². The van der Waals surface area contributed by atoms with E-state index in [0.717, 1.165) is 30.8 Å². The van der Waals surface area contributed by atoms with Gasteiger partial charge in [0, 0.05) is 48.7 Å². The Morgan fingerprint density at radius 2 is 1.72 bits per heavy atom. The summed E-state index contributed by atoms with van der Waals surface area (Å²) in [5, 5.41) is 2.10. The molecule has 32 heavy (non-hydrogen) atoms. The summed E-state index contributed by atoms with van der Waals surface area (Å²) in [7, 11) is 1.57. The molecule has 2 aliphatic rings. The molecule has 0 spiro atoms. The van der Waals surface area contributed by atoms with Crippen LogP contribution in [0.2, 0.25) is 0 Å². The van der Waals surface area contributed by atoms with Gasteiger partial charge in [-0.25, -0.2) is 0 Å². The maximum atomic E-state index is 14.0. The molecule has 0 bridgehead atoms. The topological polar surface area (TPSA) is 49.9 Å². The Bertz CT molecular complexity index is 1170. The van der Waals surface area contributed by atoms with Crippen LogP contribution < -0.4 is 4.74 Å². The third-order valence-corrected chi connectivity index (χ3v) is 7.48. The fraction of sp³-hybridized carbons (Fsp3) is 0.308. The number of benzene rings is 2. The summed E-state index contributed by atoms with van der Waals surface area (Å²) in [6.07, 6.45) is 0. The van der Waals surface area contributed by atoms with E-state index < -0.39 is 5.54 Å². The zero-order chi connectivity index (χ0) is 22.3. The largest absolute Gasteiger partial charge is 0.497 e. The molecule has 0 N–H and O–H groups in total. The fourth-order valence-corrected chi connectivity index (χ4v) is 5.74. The summed E-state index contributed by atoms with van der Waals surface area (Å²) in [5.74, 6) is 0.317. The minimum Gasteiger partial charge on any atom is -0.497 e. The number of rotatable bonds is 5. The van der Waals surface area contributed by atoms with Crippen LogP contribution in [0.5, 0.6) is 5.75 Å². The number of hydrogen-bond donors (Lipinski definition) is 0. The van der Waals surface area contributed by atoms with Crippen molar-refractivity contribution in [1.29, 1.82) is 0 Å². The minimum absolute atomic E-state index is 0.127. The number of methoxy groups -OCH3 is 1. The number of fused-ring (bicyclic) bond motifs is 1. The van der Waals surface area contributed by atoms with Crippen LogP contribution in [0.25, 0.3) is 0 Å². The summed E-state index contributed by atoms with van der Waals surface area (Å²) < 4.78 is 5.34. The van der Waals surface area contributed by atoms with Crippen molar-refractivity contribution in [1.82, 2.24) is 9.80 Å². The molecule has 3 aromatic rings. The highest BCUT2D eigenvalue weighted by Gasteiger charge is 2.58. The van der Waals surface area contributed by atoms with Crippen LogP contribution in [0.3, 0.4) is 0 Å². The molecule has 1 unspecified atom stereocenters. The van der Waals surface area contributed by atoms with E-state index in [0.29, 0.717) is 30.0 Å². The van der Waals surface area contributed by atoms with Gasteiger partial charge in [-0.15, -0.1) is 11.3 Å². The van der Waals surface area contributed by atoms with Crippen molar-refractivity contribution in [2.24, 2.45) is 0 Å². The van der Waals surface area contributed by atoms with Crippen LogP contribution in [0.4, 0.5) is 0 Å². The van der Waals surface area contributed by atoms with Crippen molar-refractivity contribution >= 4 is 22.9 Å². The molecule has 164 valence electrons. The molecule has 1 aliphatic heterocycles. The van der Waals surface area contributed by atoms with Crippen molar-refractivity contribution in [2.45, 2.75) is 19.0 Å². The normalized spacial score (nSPS) is 21.7. The van der Waals surface area contributed by atoms with Gasteiger partial charge in [0.15, 0.2) is 17.1 Å². The Morgan fingerprint density at radius 3 is 2.41 bits per heavy atom. The summed E-state index contributed by atoms with van der Waals surface area (Å²) in [4.78, 5) is 33.8. The predicted octanol–water partition coefficient (Wildman–Crippen LogP) is 4.16. The van der Waals surface area contributed by atoms with Crippen molar-refractivity contribution in [2.75, 3.05) is 33.3 Å². The second-order valence-electron chi connectivity index (χ2n) is 8.49. The molecule has 6 heteroatoms. The number of carbonyl (C=O) groups is 2. The highest BCUT2D eigenvalue weighted by molar-refractivity contribution is 7.09. The molecule has 1 atom stereocenters. The van der Waals surface area contributed by atoms with Gasteiger partial charge in [-0.1, -0.05) is 35.9 Å². The molecule has 5 rings (SSSR count). The number of ether oxygens (including phenoxy) is 1. The smallest absolute Gasteiger partial charge is 0.196 e. The van der Waals surface area contributed by atoms with E-state index in [1.54, 1.807) is 36.6 Å². The van der Waals surface area contributed by atoms with Crippen LogP contribution in [0.1, 0.15) is 36.7 Å². The van der Waals surface area contributed by atoms with Crippen molar-refractivity contribution in [3.8, 4) is 5.75 Å². The van der Waals surface area contributed by atoms with Crippen LogP contribution in [0, 0.1) is 6.92 Å². The summed E-state index contributed by atoms with van der Waals surface area (Å²) in [6, 6.07) is 17.3. The molecule has 1 aromatic heterocycles. The van der Waals surface area contributed by atoms with Gasteiger partial charge in [0.2, 0.25) is 0 Å². The molecule has 5 nitrogen and oxygen atoms in total. The fourth-order valence-electron chi connectivity index (χ4n) is 5.00. The van der Waals surface area contributed by atoms with Crippen molar-refractivity contribution in [3.05, 3.63) is 87.1 Å². The highest BCUT2D eigenvalue weighted by Crippen LogP contribution is 2.44. The zero-order valence-corrected chi connectivity index (χ0v) is 19.2. The minimum atomic E-state index is -1.31. The Labute approximate surface area is 192 Å². The average Bonchev–Trinajstić information content (AvgIpc) is 3.40. The van der Waals surface area contributed by atoms with Crippen LogP contribution in [0.15, 0.2) is 60.0 Å². The van der Waals surface area contributed by atoms with E-state index in [9.17, 15) is 9.59 Å². The Kier molecular flexibility index (Phi) is 5.45. The molecule has 2 heterocycles. The second-order valence-corrected chi connectivity index (χ2v) is 9.52. The third-order valence-electron chi connectivity index (χ3n) is 6.62. The Hall–Kier alpha value is -2.80. The number of Topliss-reactive ketones (excluding diaryl/α,β-unsaturated/α-hetero) is 2. The summed E-state index contributed by atoms with van der Waals surface area (Å²) >= 11 is 1.76. The van der Waals surface area contributed by atoms with E-state index in [4.69, 9.17) is 4.74 Å². The number of carbonyl (C=O) groups excluding carboxylic acids is 2. The number of nitrogens with zero attached hydrogens (tertiary/aromatic N) is 2. The number of piperazine rings is 1. The van der Waals surface area contributed by atoms with Crippen LogP contribution in [-0.2, 0) is 12.1 Å². The number of aryl methyl sites for hydroxylation is 1. The highest BCUT2D eigenvalue weighted by atomic mass is 32.1. The quantitative estimate of drug-likeness (QED) is 0.551. The molecule has 1 saturated heterocycles. The lowest BCUT2D eigenvalue weighted by Crippen LogP contribution is -2.60. The van der Waals surface area contributed by atoms with Crippen LogP contribution >= 0.6 is 11.3 Å². The number of ketones is 2. The maximum Gasteiger partial charge on any atom is 0.196 e. The Morgan fingerprint density at radius 1 is 0.938 bits per heavy atom. The van der Waals surface area contributed by atoms with Gasteiger partial charge >= 0.3 is 0 Å². The van der Waals surface area contributed by atoms with Gasteiger partial charge in [-0.3, -0.25) is 19.4 Å². The van der Waals surface area contributed by atoms with Gasteiger partial charge in [0.25, 0.3) is 0 Å². The van der Waals surface area contributed by atoms with Gasteiger partial charge in [0.05, 0.1) is 7.11 Å². The van der Waals surface area contributed by atoms with Gasteiger partial charge in [-0.05, 0) is 42.1 Å². The first-order chi connectivity index (χ1) is 15.5. The molecular weight excluding hydrogens is 420 g/mol. The van der Waals surface area contributed by atoms with E-state index in [2.05, 4.69) is 27.3 Å². The second kappa shape index (κ2) is 8.28. The summed E-state index contributed by atoms with van der Waals surface area (Å²) in [5.41, 5.74) is 1.42. The third kappa shape index (κ3) is 3.30. The van der Waals surface area contributed by atoms with Gasteiger partial charge < -0.3 is 4.74 Å². The average molecular weight is 447 g/mol.